The quantitative estimate of drug-likeness (QED) is 0.555. The van der Waals surface area contributed by atoms with Crippen LogP contribution in [0, 0.1) is 0 Å². The summed E-state index contributed by atoms with van der Waals surface area (Å²) in [5, 5.41) is 0.877. The molecule has 0 saturated carbocycles. The second-order valence-corrected chi connectivity index (χ2v) is 7.07. The molecule has 146 valence electrons. The van der Waals surface area contributed by atoms with Crippen LogP contribution in [0.15, 0.2) is 42.5 Å². The lowest BCUT2D eigenvalue weighted by Crippen LogP contribution is -2.11. The van der Waals surface area contributed by atoms with Crippen LogP contribution in [-0.2, 0) is 12.5 Å². The number of nitrogen functional groups attached to an aromatic ring is 1. The lowest BCUT2D eigenvalue weighted by molar-refractivity contribution is -0.00827. The highest BCUT2D eigenvalue weighted by Crippen LogP contribution is 2.35. The van der Waals surface area contributed by atoms with Crippen molar-refractivity contribution in [1.29, 1.82) is 0 Å². The lowest BCUT2D eigenvalue weighted by atomic mass is 10.0. The predicted octanol–water partition coefficient (Wildman–Crippen LogP) is 5.66. The van der Waals surface area contributed by atoms with Crippen LogP contribution in [0.1, 0.15) is 24.5 Å². The van der Waals surface area contributed by atoms with Crippen molar-refractivity contribution in [3.8, 4) is 22.6 Å². The molecule has 0 amide bonds. The van der Waals surface area contributed by atoms with Crippen LogP contribution in [0.2, 0.25) is 10.0 Å². The first-order chi connectivity index (χ1) is 13.3. The first-order valence-electron chi connectivity index (χ1n) is 8.57. The fourth-order valence-corrected chi connectivity index (χ4v) is 3.30. The molecule has 3 rings (SSSR count). The van der Waals surface area contributed by atoms with E-state index < -0.39 is 5.92 Å². The van der Waals surface area contributed by atoms with Crippen molar-refractivity contribution in [2.45, 2.75) is 25.8 Å². The van der Waals surface area contributed by atoms with Crippen molar-refractivity contribution in [1.82, 2.24) is 9.97 Å². The normalized spacial score (nSPS) is 11.6. The molecule has 0 bridgehead atoms. The summed E-state index contributed by atoms with van der Waals surface area (Å²) in [7, 11) is 0. The van der Waals surface area contributed by atoms with Gasteiger partial charge in [-0.2, -0.15) is 0 Å². The summed E-state index contributed by atoms with van der Waals surface area (Å²) in [4.78, 5) is 8.85. The van der Waals surface area contributed by atoms with Crippen molar-refractivity contribution in [3.63, 3.8) is 0 Å². The minimum atomic E-state index is -2.89. The molecule has 0 saturated heterocycles. The Hall–Kier alpha value is -2.28. The van der Waals surface area contributed by atoms with Gasteiger partial charge in [-0.05, 0) is 18.2 Å². The molecule has 0 spiro atoms. The number of hydrogen-bond donors (Lipinski definition) is 2. The van der Waals surface area contributed by atoms with E-state index in [0.717, 1.165) is 0 Å². The molecule has 0 aliphatic carbocycles. The zero-order valence-corrected chi connectivity index (χ0v) is 16.5. The lowest BCUT2D eigenvalue weighted by Gasteiger charge is -2.16. The van der Waals surface area contributed by atoms with Gasteiger partial charge >= 0.3 is 0 Å². The number of hydrogen-bond acceptors (Lipinski definition) is 4. The molecule has 0 radical (unpaired) electrons. The summed E-state index contributed by atoms with van der Waals surface area (Å²) >= 11 is 12.3. The molecular formula is C20H18Cl2F2N4. The van der Waals surface area contributed by atoms with Gasteiger partial charge in [-0.1, -0.05) is 54.4 Å². The maximum absolute atomic E-state index is 13.9. The molecule has 4 nitrogen and oxygen atoms in total. The first kappa shape index (κ1) is 20.5. The largest absolute Gasteiger partial charge is 0.383 e. The molecule has 0 aliphatic rings. The minimum Gasteiger partial charge on any atom is -0.383 e. The molecule has 28 heavy (non-hydrogen) atoms. The number of anilines is 1. The highest BCUT2D eigenvalue weighted by molar-refractivity contribution is 6.36. The van der Waals surface area contributed by atoms with E-state index in [1.807, 2.05) is 0 Å². The SMILES string of the molecule is CCC(F)(F)c1ccc(-c2nc(N)c(CN)c(-c3ccc(Cl)cc3Cl)n2)cc1. The molecule has 2 aromatic carbocycles. The topological polar surface area (TPSA) is 77.8 Å². The molecule has 0 atom stereocenters. The molecule has 8 heteroatoms. The van der Waals surface area contributed by atoms with E-state index in [1.54, 1.807) is 30.3 Å². The fraction of sp³-hybridized carbons (Fsp3) is 0.200. The van der Waals surface area contributed by atoms with Gasteiger partial charge in [0.05, 0.1) is 10.7 Å². The average molecular weight is 423 g/mol. The highest BCUT2D eigenvalue weighted by Gasteiger charge is 2.28. The Morgan fingerprint density at radius 1 is 1.04 bits per heavy atom. The molecule has 1 aromatic heterocycles. The maximum atomic E-state index is 13.9. The molecule has 4 N–H and O–H groups in total. The number of alkyl halides is 2. The Labute approximate surface area is 171 Å². The minimum absolute atomic E-state index is 0.0636. The number of rotatable bonds is 5. The summed E-state index contributed by atoms with van der Waals surface area (Å²) in [6.45, 7) is 1.55. The zero-order valence-electron chi connectivity index (χ0n) is 15.0. The van der Waals surface area contributed by atoms with Gasteiger partial charge < -0.3 is 11.5 Å². The summed E-state index contributed by atoms with van der Waals surface area (Å²) < 4.78 is 27.7. The van der Waals surface area contributed by atoms with Crippen LogP contribution < -0.4 is 11.5 Å². The highest BCUT2D eigenvalue weighted by atomic mass is 35.5. The van der Waals surface area contributed by atoms with E-state index in [0.29, 0.717) is 38.3 Å². The molecule has 1 heterocycles. The van der Waals surface area contributed by atoms with Gasteiger partial charge in [-0.15, -0.1) is 0 Å². The second kappa shape index (κ2) is 7.99. The van der Waals surface area contributed by atoms with E-state index in [2.05, 4.69) is 9.97 Å². The van der Waals surface area contributed by atoms with Crippen LogP contribution in [0.3, 0.4) is 0 Å². The molecular weight excluding hydrogens is 405 g/mol. The molecule has 0 aliphatic heterocycles. The van der Waals surface area contributed by atoms with Crippen LogP contribution >= 0.6 is 23.2 Å². The van der Waals surface area contributed by atoms with Gasteiger partial charge in [0.2, 0.25) is 0 Å². The van der Waals surface area contributed by atoms with Gasteiger partial charge in [0.1, 0.15) is 5.82 Å². The van der Waals surface area contributed by atoms with Gasteiger partial charge in [0, 0.05) is 40.2 Å². The first-order valence-corrected chi connectivity index (χ1v) is 9.33. The van der Waals surface area contributed by atoms with Crippen molar-refractivity contribution < 1.29 is 8.78 Å². The number of benzene rings is 2. The number of halogens is 4. The average Bonchev–Trinajstić information content (AvgIpc) is 2.67. The Bertz CT molecular complexity index is 1010. The van der Waals surface area contributed by atoms with E-state index in [4.69, 9.17) is 34.7 Å². The van der Waals surface area contributed by atoms with Crippen molar-refractivity contribution >= 4 is 29.0 Å². The second-order valence-electron chi connectivity index (χ2n) is 6.22. The van der Waals surface area contributed by atoms with Gasteiger partial charge in [-0.3, -0.25) is 0 Å². The molecule has 0 unspecified atom stereocenters. The number of nitrogens with two attached hydrogens (primary N) is 2. The monoisotopic (exact) mass is 422 g/mol. The van der Waals surface area contributed by atoms with E-state index in [1.165, 1.54) is 19.1 Å². The van der Waals surface area contributed by atoms with E-state index in [9.17, 15) is 8.78 Å². The number of nitrogens with zero attached hydrogens (tertiary/aromatic N) is 2. The van der Waals surface area contributed by atoms with Crippen LogP contribution in [0.5, 0.6) is 0 Å². The smallest absolute Gasteiger partial charge is 0.273 e. The summed E-state index contributed by atoms with van der Waals surface area (Å²) in [5.74, 6) is -2.39. The summed E-state index contributed by atoms with van der Waals surface area (Å²) in [6.07, 6.45) is -0.278. The van der Waals surface area contributed by atoms with Gasteiger partial charge in [0.15, 0.2) is 5.82 Å². The van der Waals surface area contributed by atoms with Crippen molar-refractivity contribution in [2.24, 2.45) is 5.73 Å². The third kappa shape index (κ3) is 3.94. The standard InChI is InChI=1S/C20H18Cl2F2N4/c1-2-20(23,24)12-5-3-11(4-6-12)19-27-17(15(10-25)18(26)28-19)14-8-7-13(21)9-16(14)22/h3-9H,2,10,25H2,1H3,(H2,26,27,28). The Morgan fingerprint density at radius 3 is 2.29 bits per heavy atom. The third-order valence-electron chi connectivity index (χ3n) is 4.44. The van der Waals surface area contributed by atoms with Crippen LogP contribution in [-0.4, -0.2) is 9.97 Å². The van der Waals surface area contributed by atoms with Crippen molar-refractivity contribution in [2.75, 3.05) is 5.73 Å². The summed E-state index contributed by atoms with van der Waals surface area (Å²) in [5.41, 5.74) is 14.0. The maximum Gasteiger partial charge on any atom is 0.273 e. The van der Waals surface area contributed by atoms with Crippen LogP contribution in [0.25, 0.3) is 22.6 Å². The predicted molar refractivity (Wildman–Crippen MR) is 109 cm³/mol. The number of aromatic nitrogens is 2. The molecule has 0 fully saturated rings. The van der Waals surface area contributed by atoms with E-state index >= 15 is 0 Å². The van der Waals surface area contributed by atoms with Gasteiger partial charge in [-0.25, -0.2) is 18.7 Å². The summed E-state index contributed by atoms with van der Waals surface area (Å²) in [6, 6.07) is 10.8. The Kier molecular flexibility index (Phi) is 5.84. The van der Waals surface area contributed by atoms with Crippen LogP contribution in [0.4, 0.5) is 14.6 Å². The Morgan fingerprint density at radius 2 is 1.71 bits per heavy atom. The Balaban J connectivity index is 2.12. The van der Waals surface area contributed by atoms with Crippen molar-refractivity contribution in [3.05, 3.63) is 63.6 Å². The zero-order chi connectivity index (χ0) is 20.5. The fourth-order valence-electron chi connectivity index (χ4n) is 2.80. The third-order valence-corrected chi connectivity index (χ3v) is 4.99. The molecule has 3 aromatic rings. The van der Waals surface area contributed by atoms with Gasteiger partial charge in [0.25, 0.3) is 5.92 Å². The van der Waals surface area contributed by atoms with E-state index in [-0.39, 0.29) is 24.3 Å².